The first-order valence-corrected chi connectivity index (χ1v) is 5.67. The van der Waals surface area contributed by atoms with Crippen molar-refractivity contribution in [2.45, 2.75) is 0 Å². The fourth-order valence-corrected chi connectivity index (χ4v) is 2.22. The van der Waals surface area contributed by atoms with Crippen molar-refractivity contribution in [3.8, 4) is 5.75 Å². The van der Waals surface area contributed by atoms with Gasteiger partial charge in [0.15, 0.2) is 5.78 Å². The maximum atomic E-state index is 12.1. The average Bonchev–Trinajstić information content (AvgIpc) is 2.13. The second-order valence-corrected chi connectivity index (χ2v) is 4.53. The lowest BCUT2D eigenvalue weighted by molar-refractivity contribution is 0.0875. The van der Waals surface area contributed by atoms with E-state index in [2.05, 4.69) is 5.32 Å². The van der Waals surface area contributed by atoms with E-state index in [1.54, 1.807) is 12.1 Å². The summed E-state index contributed by atoms with van der Waals surface area (Å²) in [6.07, 6.45) is 0. The van der Waals surface area contributed by atoms with E-state index in [1.807, 2.05) is 0 Å². The van der Waals surface area contributed by atoms with Crippen LogP contribution in [-0.2, 0) is 0 Å². The summed E-state index contributed by atoms with van der Waals surface area (Å²) in [4.78, 5) is 12.1. The normalized spacial score (nSPS) is 15.7. The maximum absolute atomic E-state index is 12.1. The minimum absolute atomic E-state index is 0.00318. The second-order valence-electron chi connectivity index (χ2n) is 3.69. The van der Waals surface area contributed by atoms with E-state index in [1.165, 1.54) is 7.11 Å². The molecule has 1 aromatic rings. The summed E-state index contributed by atoms with van der Waals surface area (Å²) in [5, 5.41) is 3.86. The van der Waals surface area contributed by atoms with Crippen LogP contribution in [0.5, 0.6) is 5.75 Å². The summed E-state index contributed by atoms with van der Waals surface area (Å²) in [6.45, 7) is 1.40. The molecule has 1 fully saturated rings. The van der Waals surface area contributed by atoms with Crippen molar-refractivity contribution >= 4 is 29.0 Å². The van der Waals surface area contributed by atoms with Gasteiger partial charge in [-0.25, -0.2) is 0 Å². The topological polar surface area (TPSA) is 38.3 Å². The predicted octanol–water partition coefficient (Wildman–Crippen LogP) is 2.40. The quantitative estimate of drug-likeness (QED) is 0.848. The molecule has 1 aliphatic heterocycles. The Morgan fingerprint density at radius 2 is 2.12 bits per heavy atom. The lowest BCUT2D eigenvalue weighted by Crippen LogP contribution is -2.46. The summed E-state index contributed by atoms with van der Waals surface area (Å²) < 4.78 is 5.14. The number of ether oxygens (including phenoxy) is 1. The molecule has 0 spiro atoms. The van der Waals surface area contributed by atoms with Crippen molar-refractivity contribution in [3.63, 3.8) is 0 Å². The molecule has 0 bridgehead atoms. The zero-order valence-electron chi connectivity index (χ0n) is 8.72. The zero-order valence-corrected chi connectivity index (χ0v) is 10.2. The molecule has 0 amide bonds. The van der Waals surface area contributed by atoms with Crippen LogP contribution in [-0.4, -0.2) is 26.0 Å². The van der Waals surface area contributed by atoms with Crippen LogP contribution in [0.15, 0.2) is 12.1 Å². The summed E-state index contributed by atoms with van der Waals surface area (Å²) in [6, 6.07) is 3.17. The van der Waals surface area contributed by atoms with Crippen molar-refractivity contribution in [2.24, 2.45) is 5.92 Å². The Morgan fingerprint density at radius 1 is 1.44 bits per heavy atom. The number of Topliss-reactive ketones (excluding diaryl/α,β-unsaturated/α-hetero) is 1. The average molecular weight is 260 g/mol. The van der Waals surface area contributed by atoms with E-state index >= 15 is 0 Å². The number of nitrogens with one attached hydrogen (secondary N) is 1. The number of rotatable bonds is 3. The van der Waals surface area contributed by atoms with Crippen molar-refractivity contribution < 1.29 is 9.53 Å². The van der Waals surface area contributed by atoms with Crippen molar-refractivity contribution in [3.05, 3.63) is 27.7 Å². The highest BCUT2D eigenvalue weighted by atomic mass is 35.5. The third-order valence-corrected chi connectivity index (χ3v) is 3.13. The monoisotopic (exact) mass is 259 g/mol. The smallest absolute Gasteiger partial charge is 0.172 e. The number of methoxy groups -OCH3 is 1. The Balaban J connectivity index is 2.41. The molecule has 5 heteroatoms. The Labute approximate surface area is 104 Å². The summed E-state index contributed by atoms with van der Waals surface area (Å²) in [5.74, 6) is 0.436. The fraction of sp³-hybridized carbons (Fsp3) is 0.364. The molecule has 0 atom stereocenters. The van der Waals surface area contributed by atoms with E-state index in [0.717, 1.165) is 0 Å². The van der Waals surface area contributed by atoms with E-state index in [4.69, 9.17) is 27.9 Å². The number of hydrogen-bond donors (Lipinski definition) is 1. The van der Waals surface area contributed by atoms with Gasteiger partial charge in [-0.2, -0.15) is 0 Å². The number of ketones is 1. The number of carbonyl (C=O) groups excluding carboxylic acids is 1. The molecule has 1 aliphatic rings. The Bertz CT molecular complexity index is 430. The molecule has 0 unspecified atom stereocenters. The standard InChI is InChI=1S/C11H11Cl2NO2/c1-16-11-8(2-7(12)3-9(11)13)10(15)6-4-14-5-6/h2-3,6,14H,4-5H2,1H3. The Kier molecular flexibility index (Phi) is 3.38. The first-order valence-electron chi connectivity index (χ1n) is 4.91. The van der Waals surface area contributed by atoms with E-state index < -0.39 is 0 Å². The van der Waals surface area contributed by atoms with Gasteiger partial charge < -0.3 is 10.1 Å². The van der Waals surface area contributed by atoms with Crippen LogP contribution in [0, 0.1) is 5.92 Å². The summed E-state index contributed by atoms with van der Waals surface area (Å²) in [5.41, 5.74) is 0.464. The fourth-order valence-electron chi connectivity index (χ4n) is 1.64. The van der Waals surface area contributed by atoms with Crippen LogP contribution in [0.1, 0.15) is 10.4 Å². The van der Waals surface area contributed by atoms with Gasteiger partial charge in [-0.15, -0.1) is 0 Å². The van der Waals surface area contributed by atoms with Crippen LogP contribution in [0.3, 0.4) is 0 Å². The van der Waals surface area contributed by atoms with Crippen LogP contribution in [0.25, 0.3) is 0 Å². The maximum Gasteiger partial charge on any atom is 0.172 e. The Hall–Kier alpha value is -0.770. The lowest BCUT2D eigenvalue weighted by atomic mass is 9.92. The highest BCUT2D eigenvalue weighted by Crippen LogP contribution is 2.33. The van der Waals surface area contributed by atoms with Crippen molar-refractivity contribution in [2.75, 3.05) is 20.2 Å². The third kappa shape index (κ3) is 2.03. The first kappa shape index (κ1) is 11.7. The molecule has 1 heterocycles. The van der Waals surface area contributed by atoms with Gasteiger partial charge in [0.05, 0.1) is 17.7 Å². The molecular weight excluding hydrogens is 249 g/mol. The lowest BCUT2D eigenvalue weighted by Gasteiger charge is -2.26. The number of halogens is 2. The molecule has 1 aromatic carbocycles. The van der Waals surface area contributed by atoms with Crippen molar-refractivity contribution in [1.29, 1.82) is 0 Å². The van der Waals surface area contributed by atoms with Crippen molar-refractivity contribution in [1.82, 2.24) is 5.32 Å². The zero-order chi connectivity index (χ0) is 11.7. The Morgan fingerprint density at radius 3 is 2.62 bits per heavy atom. The molecule has 0 aromatic heterocycles. The SMILES string of the molecule is COc1c(Cl)cc(Cl)cc1C(=O)C1CNC1. The number of benzene rings is 1. The molecule has 3 nitrogen and oxygen atoms in total. The van der Waals surface area contributed by atoms with Gasteiger partial charge in [-0.3, -0.25) is 4.79 Å². The van der Waals surface area contributed by atoms with Crippen LogP contribution < -0.4 is 10.1 Å². The van der Waals surface area contributed by atoms with Crippen LogP contribution in [0.4, 0.5) is 0 Å². The van der Waals surface area contributed by atoms with Gasteiger partial charge >= 0.3 is 0 Å². The van der Waals surface area contributed by atoms with E-state index in [-0.39, 0.29) is 11.7 Å². The molecule has 1 N–H and O–H groups in total. The first-order chi connectivity index (χ1) is 7.63. The molecule has 0 saturated carbocycles. The second kappa shape index (κ2) is 4.62. The number of hydrogen-bond acceptors (Lipinski definition) is 3. The van der Waals surface area contributed by atoms with Gasteiger partial charge in [-0.05, 0) is 12.1 Å². The summed E-state index contributed by atoms with van der Waals surface area (Å²) >= 11 is 11.8. The van der Waals surface area contributed by atoms with Gasteiger partial charge in [0.25, 0.3) is 0 Å². The highest BCUT2D eigenvalue weighted by molar-refractivity contribution is 6.36. The molecule has 0 radical (unpaired) electrons. The minimum atomic E-state index is 0.00318. The molecule has 2 rings (SSSR count). The van der Waals surface area contributed by atoms with E-state index in [0.29, 0.717) is 34.4 Å². The van der Waals surface area contributed by atoms with Gasteiger partial charge in [-0.1, -0.05) is 23.2 Å². The van der Waals surface area contributed by atoms with Gasteiger partial charge in [0.1, 0.15) is 5.75 Å². The molecule has 1 saturated heterocycles. The van der Waals surface area contributed by atoms with Crippen LogP contribution >= 0.6 is 23.2 Å². The van der Waals surface area contributed by atoms with Gasteiger partial charge in [0, 0.05) is 24.0 Å². The van der Waals surface area contributed by atoms with E-state index in [9.17, 15) is 4.79 Å². The molecule has 16 heavy (non-hydrogen) atoms. The van der Waals surface area contributed by atoms with Crippen LogP contribution in [0.2, 0.25) is 10.0 Å². The minimum Gasteiger partial charge on any atom is -0.494 e. The number of carbonyl (C=O) groups is 1. The third-order valence-electron chi connectivity index (χ3n) is 2.63. The highest BCUT2D eigenvalue weighted by Gasteiger charge is 2.29. The molecular formula is C11H11Cl2NO2. The largest absolute Gasteiger partial charge is 0.494 e. The predicted molar refractivity (Wildman–Crippen MR) is 63.7 cm³/mol. The molecule has 0 aliphatic carbocycles. The molecule has 86 valence electrons. The summed E-state index contributed by atoms with van der Waals surface area (Å²) in [7, 11) is 1.49. The van der Waals surface area contributed by atoms with Gasteiger partial charge in [0.2, 0.25) is 0 Å².